The highest BCUT2D eigenvalue weighted by Crippen LogP contribution is 2.11. The van der Waals surface area contributed by atoms with Gasteiger partial charge in [-0.05, 0) is 12.8 Å². The van der Waals surface area contributed by atoms with Crippen molar-refractivity contribution in [3.63, 3.8) is 0 Å². The molecule has 1 heterocycles. The van der Waals surface area contributed by atoms with Crippen molar-refractivity contribution in [2.75, 3.05) is 24.5 Å². The maximum Gasteiger partial charge on any atom is 0.132 e. The van der Waals surface area contributed by atoms with Crippen LogP contribution in [-0.2, 0) is 6.42 Å². The Morgan fingerprint density at radius 3 is 2.69 bits per heavy atom. The van der Waals surface area contributed by atoms with E-state index in [1.54, 1.807) is 6.33 Å². The van der Waals surface area contributed by atoms with Gasteiger partial charge in [-0.25, -0.2) is 9.97 Å². The van der Waals surface area contributed by atoms with E-state index >= 15 is 0 Å². The van der Waals surface area contributed by atoms with Crippen LogP contribution in [0.25, 0.3) is 0 Å². The molecule has 0 saturated heterocycles. The van der Waals surface area contributed by atoms with Gasteiger partial charge in [-0.1, -0.05) is 20.3 Å². The number of hydrogen-bond donors (Lipinski definition) is 1. The average Bonchev–Trinajstić information content (AvgIpc) is 2.34. The summed E-state index contributed by atoms with van der Waals surface area (Å²) in [5, 5.41) is 0. The van der Waals surface area contributed by atoms with E-state index in [4.69, 9.17) is 5.73 Å². The number of aryl methyl sites for hydroxylation is 1. The molecule has 1 aromatic heterocycles. The fourth-order valence-electron chi connectivity index (χ4n) is 1.60. The molecule has 2 N–H and O–H groups in total. The molecule has 0 aliphatic carbocycles. The molecule has 1 rings (SSSR count). The Labute approximate surface area is 97.9 Å². The molecule has 0 fully saturated rings. The number of unbranched alkanes of at least 4 members (excludes halogenated alkanes) is 1. The Kier molecular flexibility index (Phi) is 5.78. The molecule has 4 heteroatoms. The summed E-state index contributed by atoms with van der Waals surface area (Å²) in [5.41, 5.74) is 6.71. The first kappa shape index (κ1) is 12.9. The van der Waals surface area contributed by atoms with Gasteiger partial charge in [0.05, 0.1) is 0 Å². The maximum atomic E-state index is 5.62. The summed E-state index contributed by atoms with van der Waals surface area (Å²) in [5.74, 6) is 1.01. The second kappa shape index (κ2) is 7.17. The molecule has 0 unspecified atom stereocenters. The Bertz CT molecular complexity index is 301. The van der Waals surface area contributed by atoms with Crippen LogP contribution in [0.3, 0.4) is 0 Å². The summed E-state index contributed by atoms with van der Waals surface area (Å²) >= 11 is 0. The molecule has 0 aliphatic heterocycles. The lowest BCUT2D eigenvalue weighted by Gasteiger charge is -2.22. The summed E-state index contributed by atoms with van der Waals surface area (Å²) in [7, 11) is 0. The Hall–Kier alpha value is -1.16. The normalized spacial score (nSPS) is 10.4. The summed E-state index contributed by atoms with van der Waals surface area (Å²) < 4.78 is 0. The molecule has 16 heavy (non-hydrogen) atoms. The van der Waals surface area contributed by atoms with Gasteiger partial charge in [0.1, 0.15) is 12.1 Å². The van der Waals surface area contributed by atoms with Gasteiger partial charge in [0.15, 0.2) is 0 Å². The third kappa shape index (κ3) is 3.77. The molecule has 0 radical (unpaired) electrons. The van der Waals surface area contributed by atoms with Crippen LogP contribution in [0.1, 0.15) is 32.4 Å². The lowest BCUT2D eigenvalue weighted by atomic mass is 10.2. The first-order chi connectivity index (χ1) is 7.81. The van der Waals surface area contributed by atoms with Crippen molar-refractivity contribution >= 4 is 5.82 Å². The van der Waals surface area contributed by atoms with Crippen molar-refractivity contribution in [1.82, 2.24) is 9.97 Å². The molecule has 0 aromatic carbocycles. The second-order valence-electron chi connectivity index (χ2n) is 3.85. The maximum absolute atomic E-state index is 5.62. The Balaban J connectivity index is 2.73. The van der Waals surface area contributed by atoms with Crippen molar-refractivity contribution in [2.24, 2.45) is 5.73 Å². The molecule has 90 valence electrons. The molecular weight excluding hydrogens is 200 g/mol. The number of rotatable bonds is 7. The third-order valence-electron chi connectivity index (χ3n) is 2.58. The van der Waals surface area contributed by atoms with Gasteiger partial charge >= 0.3 is 0 Å². The van der Waals surface area contributed by atoms with E-state index in [0.29, 0.717) is 6.54 Å². The van der Waals surface area contributed by atoms with Gasteiger partial charge in [0, 0.05) is 31.4 Å². The molecular formula is C12H22N4. The van der Waals surface area contributed by atoms with Crippen LogP contribution < -0.4 is 10.6 Å². The van der Waals surface area contributed by atoms with Crippen LogP contribution in [0.4, 0.5) is 5.82 Å². The van der Waals surface area contributed by atoms with E-state index in [1.807, 2.05) is 0 Å². The van der Waals surface area contributed by atoms with E-state index in [2.05, 4.69) is 34.8 Å². The van der Waals surface area contributed by atoms with Gasteiger partial charge in [-0.3, -0.25) is 0 Å². The van der Waals surface area contributed by atoms with Crippen molar-refractivity contribution in [3.05, 3.63) is 18.1 Å². The Morgan fingerprint density at radius 2 is 2.06 bits per heavy atom. The second-order valence-corrected chi connectivity index (χ2v) is 3.85. The van der Waals surface area contributed by atoms with E-state index in [0.717, 1.165) is 31.0 Å². The highest BCUT2D eigenvalue weighted by molar-refractivity contribution is 5.38. The number of nitrogens with zero attached hydrogens (tertiary/aromatic N) is 3. The largest absolute Gasteiger partial charge is 0.355 e. The van der Waals surface area contributed by atoms with Crippen LogP contribution >= 0.6 is 0 Å². The lowest BCUT2D eigenvalue weighted by molar-refractivity contribution is 0.705. The highest BCUT2D eigenvalue weighted by Gasteiger charge is 2.07. The van der Waals surface area contributed by atoms with Gasteiger partial charge in [-0.2, -0.15) is 0 Å². The SMILES string of the molecule is CCCCN(CCN)c1cc(CC)ncn1. The van der Waals surface area contributed by atoms with Crippen LogP contribution in [0.2, 0.25) is 0 Å². The fraction of sp³-hybridized carbons (Fsp3) is 0.667. The minimum absolute atomic E-state index is 0.662. The predicted octanol–water partition coefficient (Wildman–Crippen LogP) is 1.60. The smallest absolute Gasteiger partial charge is 0.132 e. The first-order valence-electron chi connectivity index (χ1n) is 6.07. The predicted molar refractivity (Wildman–Crippen MR) is 67.6 cm³/mol. The minimum atomic E-state index is 0.662. The van der Waals surface area contributed by atoms with E-state index in [9.17, 15) is 0 Å². The van der Waals surface area contributed by atoms with Gasteiger partial charge in [0.25, 0.3) is 0 Å². The average molecular weight is 222 g/mol. The Morgan fingerprint density at radius 1 is 1.25 bits per heavy atom. The van der Waals surface area contributed by atoms with Gasteiger partial charge in [0.2, 0.25) is 0 Å². The zero-order valence-corrected chi connectivity index (χ0v) is 10.3. The topological polar surface area (TPSA) is 55.0 Å². The van der Waals surface area contributed by atoms with E-state index in [-0.39, 0.29) is 0 Å². The summed E-state index contributed by atoms with van der Waals surface area (Å²) in [6, 6.07) is 2.06. The van der Waals surface area contributed by atoms with Crippen LogP contribution in [0, 0.1) is 0 Å². The molecule has 0 bridgehead atoms. The summed E-state index contributed by atoms with van der Waals surface area (Å²) in [6.07, 6.45) is 4.95. The highest BCUT2D eigenvalue weighted by atomic mass is 15.2. The third-order valence-corrected chi connectivity index (χ3v) is 2.58. The zero-order valence-electron chi connectivity index (χ0n) is 10.3. The standard InChI is InChI=1S/C12H22N4/c1-3-5-7-16(8-6-13)12-9-11(4-2)14-10-15-12/h9-10H,3-8,13H2,1-2H3. The number of aromatic nitrogens is 2. The first-order valence-corrected chi connectivity index (χ1v) is 6.07. The van der Waals surface area contributed by atoms with Crippen LogP contribution in [0.15, 0.2) is 12.4 Å². The zero-order chi connectivity index (χ0) is 11.8. The summed E-state index contributed by atoms with van der Waals surface area (Å²) in [6.45, 7) is 6.84. The molecule has 4 nitrogen and oxygen atoms in total. The molecule has 1 aromatic rings. The molecule has 0 saturated carbocycles. The molecule has 0 aliphatic rings. The number of anilines is 1. The van der Waals surface area contributed by atoms with Crippen molar-refractivity contribution in [3.8, 4) is 0 Å². The quantitative estimate of drug-likeness (QED) is 0.761. The summed E-state index contributed by atoms with van der Waals surface area (Å²) in [4.78, 5) is 10.8. The number of hydrogen-bond acceptors (Lipinski definition) is 4. The monoisotopic (exact) mass is 222 g/mol. The van der Waals surface area contributed by atoms with Gasteiger partial charge in [-0.15, -0.1) is 0 Å². The van der Waals surface area contributed by atoms with Crippen LogP contribution in [-0.4, -0.2) is 29.6 Å². The van der Waals surface area contributed by atoms with Crippen molar-refractivity contribution in [1.29, 1.82) is 0 Å². The van der Waals surface area contributed by atoms with E-state index < -0.39 is 0 Å². The van der Waals surface area contributed by atoms with Crippen LogP contribution in [0.5, 0.6) is 0 Å². The van der Waals surface area contributed by atoms with Gasteiger partial charge < -0.3 is 10.6 Å². The van der Waals surface area contributed by atoms with Crippen molar-refractivity contribution < 1.29 is 0 Å². The minimum Gasteiger partial charge on any atom is -0.355 e. The van der Waals surface area contributed by atoms with Crippen molar-refractivity contribution in [2.45, 2.75) is 33.1 Å². The van der Waals surface area contributed by atoms with E-state index in [1.165, 1.54) is 12.8 Å². The molecule has 0 spiro atoms. The fourth-order valence-corrected chi connectivity index (χ4v) is 1.60. The molecule has 0 amide bonds. The number of nitrogens with two attached hydrogens (primary N) is 1. The molecule has 0 atom stereocenters. The lowest BCUT2D eigenvalue weighted by Crippen LogP contribution is -2.31.